The van der Waals surface area contributed by atoms with Crippen molar-refractivity contribution in [3.05, 3.63) is 52.7 Å². The molecule has 0 aliphatic heterocycles. The molecular formula is C22H22ClNO5. The summed E-state index contributed by atoms with van der Waals surface area (Å²) in [4.78, 5) is 15.2. The average Bonchev–Trinajstić information content (AvgIpc) is 3.11. The Morgan fingerprint density at radius 3 is 2.17 bits per heavy atom. The van der Waals surface area contributed by atoms with Crippen molar-refractivity contribution < 1.29 is 24.1 Å². The lowest BCUT2D eigenvalue weighted by Gasteiger charge is -2.14. The fourth-order valence-electron chi connectivity index (χ4n) is 3.49. The molecule has 29 heavy (non-hydrogen) atoms. The number of carboxylic acid groups (broad SMARTS) is 1. The van der Waals surface area contributed by atoms with Gasteiger partial charge in [-0.2, -0.15) is 0 Å². The Balaban J connectivity index is 2.37. The first-order valence-electron chi connectivity index (χ1n) is 9.00. The molecule has 0 unspecified atom stereocenters. The van der Waals surface area contributed by atoms with E-state index in [9.17, 15) is 9.90 Å². The number of aromatic carboxylic acids is 1. The van der Waals surface area contributed by atoms with Gasteiger partial charge in [0.25, 0.3) is 0 Å². The first-order valence-corrected chi connectivity index (χ1v) is 9.37. The van der Waals surface area contributed by atoms with Crippen molar-refractivity contribution in [2.24, 2.45) is 0 Å². The lowest BCUT2D eigenvalue weighted by atomic mass is 9.95. The van der Waals surface area contributed by atoms with E-state index >= 15 is 0 Å². The van der Waals surface area contributed by atoms with Crippen molar-refractivity contribution in [2.75, 3.05) is 21.3 Å². The molecule has 0 aliphatic rings. The van der Waals surface area contributed by atoms with Crippen LogP contribution in [0.15, 0.2) is 36.4 Å². The van der Waals surface area contributed by atoms with Crippen LogP contribution < -0.4 is 14.2 Å². The van der Waals surface area contributed by atoms with Crippen LogP contribution >= 0.6 is 11.6 Å². The summed E-state index contributed by atoms with van der Waals surface area (Å²) >= 11 is 6.48. The van der Waals surface area contributed by atoms with Crippen LogP contribution in [0.5, 0.6) is 17.2 Å². The molecule has 0 spiro atoms. The van der Waals surface area contributed by atoms with E-state index in [0.717, 1.165) is 5.56 Å². The van der Waals surface area contributed by atoms with E-state index in [1.807, 2.05) is 13.0 Å². The van der Waals surface area contributed by atoms with Crippen molar-refractivity contribution in [3.63, 3.8) is 0 Å². The van der Waals surface area contributed by atoms with Crippen molar-refractivity contribution in [3.8, 4) is 39.6 Å². The van der Waals surface area contributed by atoms with E-state index in [0.29, 0.717) is 51.1 Å². The minimum Gasteiger partial charge on any atom is -0.497 e. The number of rotatable bonds is 7. The number of carbonyl (C=O) groups is 1. The van der Waals surface area contributed by atoms with E-state index in [-0.39, 0.29) is 5.69 Å². The Labute approximate surface area is 174 Å². The zero-order valence-electron chi connectivity index (χ0n) is 16.6. The predicted octanol–water partition coefficient (Wildman–Crippen LogP) is 5.29. The molecule has 6 nitrogen and oxygen atoms in total. The molecule has 2 N–H and O–H groups in total. The van der Waals surface area contributed by atoms with E-state index in [2.05, 4.69) is 4.98 Å². The van der Waals surface area contributed by atoms with Gasteiger partial charge in [0.05, 0.1) is 37.6 Å². The number of benzene rings is 2. The van der Waals surface area contributed by atoms with Crippen LogP contribution in [0, 0.1) is 0 Å². The molecule has 2 aromatic carbocycles. The highest BCUT2D eigenvalue weighted by atomic mass is 35.5. The summed E-state index contributed by atoms with van der Waals surface area (Å²) in [6, 6.07) is 10.6. The Bertz CT molecular complexity index is 1040. The number of aromatic amines is 1. The van der Waals surface area contributed by atoms with E-state index in [1.165, 1.54) is 0 Å². The smallest absolute Gasteiger partial charge is 0.352 e. The fraction of sp³-hybridized carbons (Fsp3) is 0.227. The average molecular weight is 416 g/mol. The molecule has 0 amide bonds. The van der Waals surface area contributed by atoms with Gasteiger partial charge < -0.3 is 24.3 Å². The summed E-state index contributed by atoms with van der Waals surface area (Å²) in [5.41, 5.74) is 3.29. The van der Waals surface area contributed by atoms with Crippen molar-refractivity contribution in [1.82, 2.24) is 4.98 Å². The van der Waals surface area contributed by atoms with Crippen LogP contribution in [-0.2, 0) is 6.42 Å². The molecule has 1 aromatic heterocycles. The van der Waals surface area contributed by atoms with Crippen LogP contribution in [0.3, 0.4) is 0 Å². The summed E-state index contributed by atoms with van der Waals surface area (Å²) in [7, 11) is 4.67. The van der Waals surface area contributed by atoms with E-state index < -0.39 is 5.97 Å². The van der Waals surface area contributed by atoms with Gasteiger partial charge in [-0.05, 0) is 42.3 Å². The number of methoxy groups -OCH3 is 3. The molecule has 0 saturated carbocycles. The molecular weight excluding hydrogens is 394 g/mol. The second kappa shape index (κ2) is 8.49. The molecule has 0 fully saturated rings. The maximum absolute atomic E-state index is 12.1. The molecule has 1 heterocycles. The molecule has 0 saturated heterocycles. The Kier molecular flexibility index (Phi) is 6.03. The quantitative estimate of drug-likeness (QED) is 0.548. The number of H-pyrrole nitrogens is 1. The van der Waals surface area contributed by atoms with Gasteiger partial charge in [0.15, 0.2) is 0 Å². The number of carboxylic acids is 1. The van der Waals surface area contributed by atoms with Crippen LogP contribution in [0.4, 0.5) is 0 Å². The summed E-state index contributed by atoms with van der Waals surface area (Å²) in [5, 5.41) is 10.3. The number of hydrogen-bond acceptors (Lipinski definition) is 4. The van der Waals surface area contributed by atoms with Gasteiger partial charge in [0, 0.05) is 11.1 Å². The van der Waals surface area contributed by atoms with Gasteiger partial charge in [-0.15, -0.1) is 0 Å². The third kappa shape index (κ3) is 3.63. The summed E-state index contributed by atoms with van der Waals surface area (Å²) in [6.07, 6.45) is 0.567. The summed E-state index contributed by atoms with van der Waals surface area (Å²) < 4.78 is 16.3. The van der Waals surface area contributed by atoms with Gasteiger partial charge in [0.2, 0.25) is 0 Å². The first kappa shape index (κ1) is 20.6. The highest BCUT2D eigenvalue weighted by Gasteiger charge is 2.27. The molecule has 3 rings (SSSR count). The molecule has 0 bridgehead atoms. The maximum Gasteiger partial charge on any atom is 0.352 e. The fourth-order valence-corrected chi connectivity index (χ4v) is 3.75. The number of aromatic nitrogens is 1. The third-order valence-electron chi connectivity index (χ3n) is 4.79. The number of nitrogens with one attached hydrogen (secondary N) is 1. The molecule has 0 radical (unpaired) electrons. The van der Waals surface area contributed by atoms with Crippen LogP contribution in [0.25, 0.3) is 22.4 Å². The zero-order chi connectivity index (χ0) is 21.1. The molecule has 0 aliphatic carbocycles. The van der Waals surface area contributed by atoms with Gasteiger partial charge in [0.1, 0.15) is 22.9 Å². The number of halogens is 1. The topological polar surface area (TPSA) is 80.8 Å². The van der Waals surface area contributed by atoms with Crippen molar-refractivity contribution in [2.45, 2.75) is 13.3 Å². The lowest BCUT2D eigenvalue weighted by Crippen LogP contribution is -2.00. The van der Waals surface area contributed by atoms with Gasteiger partial charge in [-0.3, -0.25) is 0 Å². The zero-order valence-corrected chi connectivity index (χ0v) is 17.4. The minimum atomic E-state index is -1.08. The van der Waals surface area contributed by atoms with Gasteiger partial charge >= 0.3 is 5.97 Å². The predicted molar refractivity (Wildman–Crippen MR) is 113 cm³/mol. The Morgan fingerprint density at radius 2 is 1.69 bits per heavy atom. The molecule has 3 aromatic rings. The highest BCUT2D eigenvalue weighted by molar-refractivity contribution is 6.33. The second-order valence-corrected chi connectivity index (χ2v) is 6.68. The summed E-state index contributed by atoms with van der Waals surface area (Å²) in [6.45, 7) is 1.96. The molecule has 152 valence electrons. The van der Waals surface area contributed by atoms with Crippen LogP contribution in [0.2, 0.25) is 5.02 Å². The minimum absolute atomic E-state index is 0.0527. The summed E-state index contributed by atoms with van der Waals surface area (Å²) in [5.74, 6) is 0.659. The second-order valence-electron chi connectivity index (χ2n) is 6.27. The molecule has 0 atom stereocenters. The first-order chi connectivity index (χ1) is 14.0. The van der Waals surface area contributed by atoms with E-state index in [4.69, 9.17) is 25.8 Å². The maximum atomic E-state index is 12.1. The number of hydrogen-bond donors (Lipinski definition) is 2. The van der Waals surface area contributed by atoms with E-state index in [1.54, 1.807) is 51.7 Å². The van der Waals surface area contributed by atoms with Crippen molar-refractivity contribution in [1.29, 1.82) is 0 Å². The van der Waals surface area contributed by atoms with Gasteiger partial charge in [-0.25, -0.2) is 4.79 Å². The normalized spacial score (nSPS) is 10.7. The molecule has 7 heteroatoms. The Morgan fingerprint density at radius 1 is 1.03 bits per heavy atom. The highest BCUT2D eigenvalue weighted by Crippen LogP contribution is 2.45. The van der Waals surface area contributed by atoms with Crippen molar-refractivity contribution >= 4 is 17.6 Å². The largest absolute Gasteiger partial charge is 0.497 e. The van der Waals surface area contributed by atoms with Crippen LogP contribution in [0.1, 0.15) is 23.0 Å². The third-order valence-corrected chi connectivity index (χ3v) is 5.11. The van der Waals surface area contributed by atoms with Crippen LogP contribution in [-0.4, -0.2) is 37.4 Å². The lowest BCUT2D eigenvalue weighted by molar-refractivity contribution is 0.0692. The Hall–Kier alpha value is -3.12. The SMILES string of the molecule is CCc1c(-c2c(OC)cccc2OC)[nH]c(C(=O)O)c1-c1ccc(OC)cc1Cl. The monoisotopic (exact) mass is 415 g/mol. The standard InChI is InChI=1S/C22H22ClNO5/c1-5-13-18(14-10-9-12(27-2)11-15(14)23)21(22(25)26)24-20(13)19-16(28-3)7-6-8-17(19)29-4/h6-11,24H,5H2,1-4H3,(H,25,26). The van der Waals surface area contributed by atoms with Gasteiger partial charge in [-0.1, -0.05) is 24.6 Å². The number of ether oxygens (including phenoxy) is 3.